The van der Waals surface area contributed by atoms with Crippen molar-refractivity contribution in [2.75, 3.05) is 7.11 Å². The zero-order valence-electron chi connectivity index (χ0n) is 10.4. The molecule has 1 N–H and O–H groups in total. The first kappa shape index (κ1) is 13.5. The highest BCUT2D eigenvalue weighted by molar-refractivity contribution is 5.70. The highest BCUT2D eigenvalue weighted by Crippen LogP contribution is 2.22. The van der Waals surface area contributed by atoms with Gasteiger partial charge in [-0.3, -0.25) is 4.79 Å². The van der Waals surface area contributed by atoms with Gasteiger partial charge < -0.3 is 23.4 Å². The second kappa shape index (κ2) is 6.33. The lowest BCUT2D eigenvalue weighted by molar-refractivity contribution is -0.149. The molecule has 0 saturated heterocycles. The minimum atomic E-state index is -0.704. The molecule has 1 atom stereocenters. The Morgan fingerprint density at radius 2 is 2.05 bits per heavy atom. The zero-order valence-corrected chi connectivity index (χ0v) is 10.4. The molecule has 2 heterocycles. The Morgan fingerprint density at radius 1 is 1.26 bits per heavy atom. The Labute approximate surface area is 109 Å². The third-order valence-corrected chi connectivity index (χ3v) is 2.46. The van der Waals surface area contributed by atoms with Crippen molar-refractivity contribution in [2.45, 2.75) is 19.5 Å². The smallest absolute Gasteiger partial charge is 0.217 e. The summed E-state index contributed by atoms with van der Waals surface area (Å²) in [5.41, 5.74) is 0. The molecule has 0 bridgehead atoms. The van der Waals surface area contributed by atoms with Gasteiger partial charge in [-0.2, -0.15) is 0 Å². The van der Waals surface area contributed by atoms with E-state index < -0.39 is 6.29 Å². The summed E-state index contributed by atoms with van der Waals surface area (Å²) in [5.74, 6) is 1.64. The normalized spacial score (nSPS) is 12.5. The fourth-order valence-corrected chi connectivity index (χ4v) is 1.57. The molecule has 0 amide bonds. The van der Waals surface area contributed by atoms with Crippen LogP contribution in [0.2, 0.25) is 0 Å². The van der Waals surface area contributed by atoms with Crippen molar-refractivity contribution >= 4 is 6.29 Å². The predicted molar refractivity (Wildman–Crippen MR) is 63.3 cm³/mol. The molecule has 6 heteroatoms. The number of carbonyl (C=O) groups is 1. The third-order valence-electron chi connectivity index (χ3n) is 2.46. The van der Waals surface area contributed by atoms with Gasteiger partial charge in [0.05, 0.1) is 0 Å². The van der Waals surface area contributed by atoms with E-state index >= 15 is 0 Å². The van der Waals surface area contributed by atoms with E-state index in [0.29, 0.717) is 23.6 Å². The van der Waals surface area contributed by atoms with Crippen LogP contribution in [0.3, 0.4) is 0 Å². The highest BCUT2D eigenvalue weighted by Gasteiger charge is 2.16. The molecule has 0 saturated carbocycles. The van der Waals surface area contributed by atoms with Gasteiger partial charge in [0.25, 0.3) is 0 Å². The van der Waals surface area contributed by atoms with Gasteiger partial charge in [0.2, 0.25) is 6.29 Å². The molecule has 2 rings (SSSR count). The van der Waals surface area contributed by atoms with Gasteiger partial charge in [-0.15, -0.1) is 0 Å². The molecule has 0 radical (unpaired) electrons. The fourth-order valence-electron chi connectivity index (χ4n) is 1.57. The molecule has 0 aliphatic rings. The SMILES string of the molecule is COC(OCc1ccc(C=O)o1)c1ccc(CO)o1. The molecule has 0 aliphatic carbocycles. The van der Waals surface area contributed by atoms with Crippen LogP contribution in [0.5, 0.6) is 0 Å². The lowest BCUT2D eigenvalue weighted by Gasteiger charge is -2.12. The molecule has 0 aliphatic heterocycles. The van der Waals surface area contributed by atoms with Gasteiger partial charge >= 0.3 is 0 Å². The van der Waals surface area contributed by atoms with Gasteiger partial charge in [0, 0.05) is 7.11 Å². The molecule has 0 spiro atoms. The number of aliphatic hydroxyl groups excluding tert-OH is 1. The maximum absolute atomic E-state index is 10.5. The highest BCUT2D eigenvalue weighted by atomic mass is 16.7. The van der Waals surface area contributed by atoms with Gasteiger partial charge in [0.1, 0.15) is 24.7 Å². The van der Waals surface area contributed by atoms with Crippen molar-refractivity contribution in [1.82, 2.24) is 0 Å². The molecule has 6 nitrogen and oxygen atoms in total. The number of ether oxygens (including phenoxy) is 2. The van der Waals surface area contributed by atoms with E-state index in [1.54, 1.807) is 24.3 Å². The van der Waals surface area contributed by atoms with E-state index in [2.05, 4.69) is 0 Å². The van der Waals surface area contributed by atoms with Crippen LogP contribution in [0.4, 0.5) is 0 Å². The van der Waals surface area contributed by atoms with Crippen LogP contribution in [0.15, 0.2) is 33.1 Å². The topological polar surface area (TPSA) is 82.0 Å². The molecule has 1 unspecified atom stereocenters. The van der Waals surface area contributed by atoms with Crippen molar-refractivity contribution in [3.8, 4) is 0 Å². The number of aliphatic hydroxyl groups is 1. The average molecular weight is 266 g/mol. The first-order chi connectivity index (χ1) is 9.26. The van der Waals surface area contributed by atoms with Crippen LogP contribution in [0, 0.1) is 0 Å². The number of aldehydes is 1. The second-order valence-electron chi connectivity index (χ2n) is 3.76. The lowest BCUT2D eigenvalue weighted by atomic mass is 10.4. The molecule has 19 heavy (non-hydrogen) atoms. The van der Waals surface area contributed by atoms with E-state index in [1.165, 1.54) is 7.11 Å². The zero-order chi connectivity index (χ0) is 13.7. The number of methoxy groups -OCH3 is 1. The molecule has 0 fully saturated rings. The van der Waals surface area contributed by atoms with E-state index in [9.17, 15) is 4.79 Å². The maximum atomic E-state index is 10.5. The van der Waals surface area contributed by atoms with Gasteiger partial charge in [0.15, 0.2) is 17.8 Å². The summed E-state index contributed by atoms with van der Waals surface area (Å²) in [7, 11) is 1.48. The van der Waals surface area contributed by atoms with Crippen molar-refractivity contribution < 1.29 is 28.2 Å². The molecule has 2 aromatic rings. The first-order valence-electron chi connectivity index (χ1n) is 5.64. The molecular formula is C13H14O6. The number of carbonyl (C=O) groups excluding carboxylic acids is 1. The van der Waals surface area contributed by atoms with Crippen LogP contribution in [0.25, 0.3) is 0 Å². The Bertz CT molecular complexity index is 527. The van der Waals surface area contributed by atoms with Gasteiger partial charge in [-0.05, 0) is 24.3 Å². The third kappa shape index (κ3) is 3.31. The standard InChI is InChI=1S/C13H14O6/c1-16-13(12-5-4-10(7-15)19-12)17-8-11-3-2-9(6-14)18-11/h2-6,13,15H,7-8H2,1H3. The minimum absolute atomic E-state index is 0.140. The summed E-state index contributed by atoms with van der Waals surface area (Å²) in [6.07, 6.45) is -0.0812. The monoisotopic (exact) mass is 266 g/mol. The summed E-state index contributed by atoms with van der Waals surface area (Å²) in [6.45, 7) is -0.0428. The fraction of sp³-hybridized carbons (Fsp3) is 0.308. The lowest BCUT2D eigenvalue weighted by Crippen LogP contribution is -2.05. The van der Waals surface area contributed by atoms with Gasteiger partial charge in [-0.1, -0.05) is 0 Å². The maximum Gasteiger partial charge on any atom is 0.217 e. The van der Waals surface area contributed by atoms with Crippen molar-refractivity contribution in [3.63, 3.8) is 0 Å². The summed E-state index contributed by atoms with van der Waals surface area (Å²) < 4.78 is 21.1. The number of hydrogen-bond donors (Lipinski definition) is 1. The van der Waals surface area contributed by atoms with Crippen LogP contribution in [-0.2, 0) is 22.7 Å². The summed E-state index contributed by atoms with van der Waals surface area (Å²) in [5, 5.41) is 8.92. The minimum Gasteiger partial charge on any atom is -0.458 e. The second-order valence-corrected chi connectivity index (χ2v) is 3.76. The summed E-state index contributed by atoms with van der Waals surface area (Å²) in [4.78, 5) is 10.5. The molecule has 2 aromatic heterocycles. The number of rotatable bonds is 7. The Kier molecular flexibility index (Phi) is 4.51. The average Bonchev–Trinajstić information content (AvgIpc) is 3.08. The van der Waals surface area contributed by atoms with Crippen LogP contribution >= 0.6 is 0 Å². The van der Waals surface area contributed by atoms with E-state index in [-0.39, 0.29) is 19.0 Å². The van der Waals surface area contributed by atoms with E-state index in [0.717, 1.165) is 0 Å². The number of furan rings is 2. The van der Waals surface area contributed by atoms with E-state index in [4.69, 9.17) is 23.4 Å². The van der Waals surface area contributed by atoms with Crippen molar-refractivity contribution in [2.24, 2.45) is 0 Å². The quantitative estimate of drug-likeness (QED) is 0.610. The molecule has 102 valence electrons. The van der Waals surface area contributed by atoms with Crippen LogP contribution in [0.1, 0.15) is 34.1 Å². The molecular weight excluding hydrogens is 252 g/mol. The Morgan fingerprint density at radius 3 is 2.63 bits per heavy atom. The van der Waals surface area contributed by atoms with Gasteiger partial charge in [-0.25, -0.2) is 0 Å². The van der Waals surface area contributed by atoms with Crippen LogP contribution < -0.4 is 0 Å². The molecule has 0 aromatic carbocycles. The van der Waals surface area contributed by atoms with Crippen molar-refractivity contribution in [1.29, 1.82) is 0 Å². The number of hydrogen-bond acceptors (Lipinski definition) is 6. The Balaban J connectivity index is 1.97. The summed E-state index contributed by atoms with van der Waals surface area (Å²) >= 11 is 0. The largest absolute Gasteiger partial charge is 0.458 e. The summed E-state index contributed by atoms with van der Waals surface area (Å²) in [6, 6.07) is 6.52. The Hall–Kier alpha value is -1.89. The predicted octanol–water partition coefficient (Wildman–Crippen LogP) is 2.04. The first-order valence-corrected chi connectivity index (χ1v) is 5.64. The van der Waals surface area contributed by atoms with E-state index in [1.807, 2.05) is 0 Å². The van der Waals surface area contributed by atoms with Crippen LogP contribution in [-0.4, -0.2) is 18.5 Å². The van der Waals surface area contributed by atoms with Crippen molar-refractivity contribution in [3.05, 3.63) is 47.3 Å².